The molecule has 2 heteroatoms. The van der Waals surface area contributed by atoms with E-state index in [4.69, 9.17) is 5.11 Å². The number of rotatable bonds is 1. The fourth-order valence-corrected chi connectivity index (χ4v) is 1.83. The van der Waals surface area contributed by atoms with Crippen LogP contribution in [0.4, 0.5) is 0 Å². The molecule has 1 saturated carbocycles. The maximum Gasteiger partial charge on any atom is 0.306 e. The zero-order valence-corrected chi connectivity index (χ0v) is 7.05. The SMILES string of the molecule is CC1CCCCC(C(=O)O)C1. The van der Waals surface area contributed by atoms with Crippen molar-refractivity contribution in [3.8, 4) is 0 Å². The Hall–Kier alpha value is -0.530. The van der Waals surface area contributed by atoms with Gasteiger partial charge in [0.2, 0.25) is 0 Å². The highest BCUT2D eigenvalue weighted by atomic mass is 16.4. The summed E-state index contributed by atoms with van der Waals surface area (Å²) in [7, 11) is 0. The average Bonchev–Trinajstić information content (AvgIpc) is 2.13. The van der Waals surface area contributed by atoms with Crippen LogP contribution >= 0.6 is 0 Å². The summed E-state index contributed by atoms with van der Waals surface area (Å²) in [5, 5.41) is 8.78. The second kappa shape index (κ2) is 3.74. The van der Waals surface area contributed by atoms with E-state index < -0.39 is 5.97 Å². The van der Waals surface area contributed by atoms with Crippen LogP contribution in [0, 0.1) is 11.8 Å². The van der Waals surface area contributed by atoms with Crippen LogP contribution in [0.2, 0.25) is 0 Å². The van der Waals surface area contributed by atoms with Gasteiger partial charge in [-0.05, 0) is 18.8 Å². The maximum absolute atomic E-state index is 10.7. The van der Waals surface area contributed by atoms with E-state index in [9.17, 15) is 4.79 Å². The van der Waals surface area contributed by atoms with Crippen molar-refractivity contribution in [3.05, 3.63) is 0 Å². The second-order valence-electron chi connectivity index (χ2n) is 3.66. The maximum atomic E-state index is 10.7. The summed E-state index contributed by atoms with van der Waals surface area (Å²) in [5.74, 6) is -0.0511. The molecule has 0 aromatic carbocycles. The monoisotopic (exact) mass is 156 g/mol. The molecule has 0 spiro atoms. The molecule has 0 saturated heterocycles. The van der Waals surface area contributed by atoms with Gasteiger partial charge in [-0.15, -0.1) is 0 Å². The van der Waals surface area contributed by atoms with E-state index in [1.165, 1.54) is 12.8 Å². The van der Waals surface area contributed by atoms with E-state index in [1.807, 2.05) is 0 Å². The lowest BCUT2D eigenvalue weighted by Crippen LogP contribution is -2.14. The molecule has 0 aromatic heterocycles. The first-order valence-electron chi connectivity index (χ1n) is 4.43. The molecule has 2 unspecified atom stereocenters. The smallest absolute Gasteiger partial charge is 0.306 e. The van der Waals surface area contributed by atoms with Crippen molar-refractivity contribution in [1.82, 2.24) is 0 Å². The molecule has 1 rings (SSSR count). The molecule has 1 N–H and O–H groups in total. The summed E-state index contributed by atoms with van der Waals surface area (Å²) in [6, 6.07) is 0. The van der Waals surface area contributed by atoms with Gasteiger partial charge in [-0.3, -0.25) is 4.79 Å². The van der Waals surface area contributed by atoms with Crippen LogP contribution in [0.25, 0.3) is 0 Å². The van der Waals surface area contributed by atoms with Crippen LogP contribution in [0.15, 0.2) is 0 Å². The first-order chi connectivity index (χ1) is 5.20. The number of carboxylic acid groups (broad SMARTS) is 1. The summed E-state index contributed by atoms with van der Waals surface area (Å²) in [6.07, 6.45) is 5.30. The van der Waals surface area contributed by atoms with Crippen molar-refractivity contribution in [1.29, 1.82) is 0 Å². The summed E-state index contributed by atoms with van der Waals surface area (Å²) < 4.78 is 0. The van der Waals surface area contributed by atoms with Gasteiger partial charge in [-0.2, -0.15) is 0 Å². The highest BCUT2D eigenvalue weighted by Crippen LogP contribution is 2.27. The normalized spacial score (nSPS) is 32.8. The zero-order valence-electron chi connectivity index (χ0n) is 7.05. The lowest BCUT2D eigenvalue weighted by atomic mass is 9.95. The number of aliphatic carboxylic acids is 1. The summed E-state index contributed by atoms with van der Waals surface area (Å²) >= 11 is 0. The highest BCUT2D eigenvalue weighted by molar-refractivity contribution is 5.69. The minimum atomic E-state index is -0.598. The third-order valence-electron chi connectivity index (χ3n) is 2.54. The third kappa shape index (κ3) is 2.52. The molecule has 0 amide bonds. The van der Waals surface area contributed by atoms with Crippen molar-refractivity contribution in [2.45, 2.75) is 39.0 Å². The minimum absolute atomic E-state index is 0.0625. The fraction of sp³-hybridized carbons (Fsp3) is 0.889. The van der Waals surface area contributed by atoms with Gasteiger partial charge < -0.3 is 5.11 Å². The lowest BCUT2D eigenvalue weighted by Gasteiger charge is -2.11. The predicted molar refractivity (Wildman–Crippen MR) is 43.4 cm³/mol. The standard InChI is InChI=1S/C9H16O2/c1-7-4-2-3-5-8(6-7)9(10)11/h7-8H,2-6H2,1H3,(H,10,11). The molecule has 0 aliphatic heterocycles. The number of carbonyl (C=O) groups is 1. The molecular formula is C9H16O2. The van der Waals surface area contributed by atoms with Crippen molar-refractivity contribution in [2.75, 3.05) is 0 Å². The van der Waals surface area contributed by atoms with Crippen LogP contribution in [0.5, 0.6) is 0 Å². The zero-order chi connectivity index (χ0) is 8.27. The average molecular weight is 156 g/mol. The molecule has 2 nitrogen and oxygen atoms in total. The summed E-state index contributed by atoms with van der Waals surface area (Å²) in [5.41, 5.74) is 0. The lowest BCUT2D eigenvalue weighted by molar-refractivity contribution is -0.142. The largest absolute Gasteiger partial charge is 0.481 e. The Labute approximate surface area is 67.6 Å². The van der Waals surface area contributed by atoms with Crippen molar-refractivity contribution < 1.29 is 9.90 Å². The molecular weight excluding hydrogens is 140 g/mol. The van der Waals surface area contributed by atoms with Gasteiger partial charge in [-0.25, -0.2) is 0 Å². The van der Waals surface area contributed by atoms with Gasteiger partial charge >= 0.3 is 5.97 Å². The van der Waals surface area contributed by atoms with Crippen LogP contribution in [0.3, 0.4) is 0 Å². The highest BCUT2D eigenvalue weighted by Gasteiger charge is 2.22. The van der Waals surface area contributed by atoms with E-state index in [1.54, 1.807) is 0 Å². The van der Waals surface area contributed by atoms with E-state index in [0.29, 0.717) is 5.92 Å². The van der Waals surface area contributed by atoms with E-state index >= 15 is 0 Å². The minimum Gasteiger partial charge on any atom is -0.481 e. The number of hydrogen-bond acceptors (Lipinski definition) is 1. The Morgan fingerprint density at radius 1 is 1.36 bits per heavy atom. The molecule has 0 aromatic rings. The van der Waals surface area contributed by atoms with Gasteiger partial charge in [0, 0.05) is 0 Å². The first-order valence-corrected chi connectivity index (χ1v) is 4.43. The molecule has 0 heterocycles. The Kier molecular flexibility index (Phi) is 2.92. The number of hydrogen-bond donors (Lipinski definition) is 1. The molecule has 2 atom stereocenters. The van der Waals surface area contributed by atoms with Gasteiger partial charge in [0.25, 0.3) is 0 Å². The van der Waals surface area contributed by atoms with Crippen molar-refractivity contribution in [2.24, 2.45) is 11.8 Å². The summed E-state index contributed by atoms with van der Waals surface area (Å²) in [6.45, 7) is 2.15. The Morgan fingerprint density at radius 2 is 2.00 bits per heavy atom. The molecule has 1 aliphatic rings. The van der Waals surface area contributed by atoms with Crippen LogP contribution in [-0.2, 0) is 4.79 Å². The van der Waals surface area contributed by atoms with E-state index in [2.05, 4.69) is 6.92 Å². The number of carboxylic acids is 1. The quantitative estimate of drug-likeness (QED) is 0.591. The molecule has 64 valence electrons. The Morgan fingerprint density at radius 3 is 2.64 bits per heavy atom. The topological polar surface area (TPSA) is 37.3 Å². The molecule has 1 aliphatic carbocycles. The molecule has 1 fully saturated rings. The first kappa shape index (κ1) is 8.57. The van der Waals surface area contributed by atoms with Crippen molar-refractivity contribution in [3.63, 3.8) is 0 Å². The van der Waals surface area contributed by atoms with Gasteiger partial charge in [0.05, 0.1) is 5.92 Å². The second-order valence-corrected chi connectivity index (χ2v) is 3.66. The van der Waals surface area contributed by atoms with Crippen LogP contribution < -0.4 is 0 Å². The van der Waals surface area contributed by atoms with E-state index in [0.717, 1.165) is 19.3 Å². The fourth-order valence-electron chi connectivity index (χ4n) is 1.83. The van der Waals surface area contributed by atoms with Gasteiger partial charge in [-0.1, -0.05) is 26.2 Å². The molecule has 0 radical (unpaired) electrons. The van der Waals surface area contributed by atoms with Crippen LogP contribution in [-0.4, -0.2) is 11.1 Å². The Bertz CT molecular complexity index is 142. The van der Waals surface area contributed by atoms with Gasteiger partial charge in [0.1, 0.15) is 0 Å². The Balaban J connectivity index is 2.45. The van der Waals surface area contributed by atoms with Gasteiger partial charge in [0.15, 0.2) is 0 Å². The van der Waals surface area contributed by atoms with E-state index in [-0.39, 0.29) is 5.92 Å². The summed E-state index contributed by atoms with van der Waals surface area (Å²) in [4.78, 5) is 10.7. The predicted octanol–water partition coefficient (Wildman–Crippen LogP) is 2.29. The molecule has 0 bridgehead atoms. The third-order valence-corrected chi connectivity index (χ3v) is 2.54. The van der Waals surface area contributed by atoms with Crippen LogP contribution in [0.1, 0.15) is 39.0 Å². The van der Waals surface area contributed by atoms with Crippen molar-refractivity contribution >= 4 is 5.97 Å². The molecule has 11 heavy (non-hydrogen) atoms.